The molecule has 1 aliphatic rings. The molecule has 0 amide bonds. The van der Waals surface area contributed by atoms with Crippen LogP contribution >= 0.6 is 0 Å². The van der Waals surface area contributed by atoms with Gasteiger partial charge in [0.25, 0.3) is 5.56 Å². The molecule has 2 unspecified atom stereocenters. The van der Waals surface area contributed by atoms with Gasteiger partial charge in [-0.15, -0.1) is 0 Å². The molecule has 0 spiro atoms. The fourth-order valence-corrected chi connectivity index (χ4v) is 3.89. The van der Waals surface area contributed by atoms with E-state index in [1.807, 2.05) is 24.9 Å². The van der Waals surface area contributed by atoms with Crippen LogP contribution in [-0.2, 0) is 11.8 Å². The minimum atomic E-state index is -0.130. The molecule has 0 aliphatic carbocycles. The van der Waals surface area contributed by atoms with Gasteiger partial charge in [0.2, 0.25) is 0 Å². The Morgan fingerprint density at radius 1 is 1.34 bits per heavy atom. The number of pyridine rings is 1. The Balaban J connectivity index is 1.87. The second-order valence-electron chi connectivity index (χ2n) is 8.24. The van der Waals surface area contributed by atoms with Crippen LogP contribution in [0.3, 0.4) is 0 Å². The second kappa shape index (κ2) is 7.22. The zero-order chi connectivity index (χ0) is 20.9. The van der Waals surface area contributed by atoms with Crippen LogP contribution in [0.5, 0.6) is 0 Å². The molecule has 3 aromatic rings. The molecule has 9 nitrogen and oxygen atoms in total. The average molecular weight is 399 g/mol. The highest BCUT2D eigenvalue weighted by atomic mass is 16.5. The second-order valence-corrected chi connectivity index (χ2v) is 8.24. The molecular formula is C20H29N7O2. The lowest BCUT2D eigenvalue weighted by atomic mass is 10.0. The van der Waals surface area contributed by atoms with Gasteiger partial charge in [-0.2, -0.15) is 10.2 Å². The summed E-state index contributed by atoms with van der Waals surface area (Å²) >= 11 is 0. The first-order valence-electron chi connectivity index (χ1n) is 10.1. The SMILES string of the molecule is CC1CN(c2cc(-c3cn(C(C)C(C)C)c(=O)c4c(N)n[nH]c34)nn2C)CCO1. The first-order valence-corrected chi connectivity index (χ1v) is 10.1. The lowest BCUT2D eigenvalue weighted by Gasteiger charge is -2.32. The van der Waals surface area contributed by atoms with Crippen molar-refractivity contribution in [3.63, 3.8) is 0 Å². The Hall–Kier alpha value is -2.81. The topological polar surface area (TPSA) is 107 Å². The van der Waals surface area contributed by atoms with E-state index in [9.17, 15) is 4.79 Å². The van der Waals surface area contributed by atoms with Gasteiger partial charge >= 0.3 is 0 Å². The summed E-state index contributed by atoms with van der Waals surface area (Å²) < 4.78 is 9.29. The maximum absolute atomic E-state index is 13.1. The molecule has 1 fully saturated rings. The van der Waals surface area contributed by atoms with Gasteiger partial charge in [0.15, 0.2) is 5.82 Å². The summed E-state index contributed by atoms with van der Waals surface area (Å²) in [5.74, 6) is 1.53. The molecule has 29 heavy (non-hydrogen) atoms. The highest BCUT2D eigenvalue weighted by molar-refractivity contribution is 5.97. The predicted octanol–water partition coefficient (Wildman–Crippen LogP) is 2.15. The minimum absolute atomic E-state index is 0.0169. The average Bonchev–Trinajstić information content (AvgIpc) is 3.25. The van der Waals surface area contributed by atoms with Gasteiger partial charge in [-0.25, -0.2) is 0 Å². The predicted molar refractivity (Wildman–Crippen MR) is 114 cm³/mol. The van der Waals surface area contributed by atoms with Crippen molar-refractivity contribution in [1.29, 1.82) is 0 Å². The number of ether oxygens (including phenoxy) is 1. The summed E-state index contributed by atoms with van der Waals surface area (Å²) in [6.07, 6.45) is 2.05. The molecule has 0 bridgehead atoms. The summed E-state index contributed by atoms with van der Waals surface area (Å²) in [6, 6.07) is 2.07. The third-order valence-corrected chi connectivity index (χ3v) is 5.88. The van der Waals surface area contributed by atoms with Gasteiger partial charge in [0.05, 0.1) is 23.9 Å². The van der Waals surface area contributed by atoms with Crippen LogP contribution in [0.4, 0.5) is 11.6 Å². The third-order valence-electron chi connectivity index (χ3n) is 5.88. The molecule has 2 atom stereocenters. The zero-order valence-corrected chi connectivity index (χ0v) is 17.6. The molecule has 9 heteroatoms. The Kier molecular flexibility index (Phi) is 4.85. The van der Waals surface area contributed by atoms with E-state index < -0.39 is 0 Å². The molecule has 0 aromatic carbocycles. The maximum atomic E-state index is 13.1. The van der Waals surface area contributed by atoms with Gasteiger partial charge in [-0.3, -0.25) is 14.6 Å². The van der Waals surface area contributed by atoms with Gasteiger partial charge in [0.1, 0.15) is 11.2 Å². The molecule has 3 N–H and O–H groups in total. The van der Waals surface area contributed by atoms with Crippen molar-refractivity contribution < 1.29 is 4.74 Å². The minimum Gasteiger partial charge on any atom is -0.382 e. The molecule has 4 rings (SSSR count). The number of anilines is 2. The van der Waals surface area contributed by atoms with Crippen molar-refractivity contribution in [3.05, 3.63) is 22.6 Å². The highest BCUT2D eigenvalue weighted by Gasteiger charge is 2.24. The van der Waals surface area contributed by atoms with E-state index in [-0.39, 0.29) is 23.5 Å². The van der Waals surface area contributed by atoms with E-state index >= 15 is 0 Å². The smallest absolute Gasteiger partial charge is 0.264 e. The number of aryl methyl sites for hydroxylation is 1. The number of H-pyrrole nitrogens is 1. The molecule has 0 saturated carbocycles. The number of rotatable bonds is 4. The van der Waals surface area contributed by atoms with Crippen molar-refractivity contribution in [2.24, 2.45) is 13.0 Å². The van der Waals surface area contributed by atoms with E-state index in [1.54, 1.807) is 4.57 Å². The highest BCUT2D eigenvalue weighted by Crippen LogP contribution is 2.31. The third kappa shape index (κ3) is 3.29. The fraction of sp³-hybridized carbons (Fsp3) is 0.550. The molecule has 3 aromatic heterocycles. The van der Waals surface area contributed by atoms with Crippen LogP contribution in [-0.4, -0.2) is 50.3 Å². The molecule has 156 valence electrons. The van der Waals surface area contributed by atoms with Crippen LogP contribution in [0.2, 0.25) is 0 Å². The first-order chi connectivity index (χ1) is 13.8. The molecule has 4 heterocycles. The summed E-state index contributed by atoms with van der Waals surface area (Å²) in [7, 11) is 1.93. The number of nitrogens with zero attached hydrogens (tertiary/aromatic N) is 5. The van der Waals surface area contributed by atoms with E-state index in [2.05, 4.69) is 41.9 Å². The number of nitrogens with two attached hydrogens (primary N) is 1. The van der Waals surface area contributed by atoms with Crippen molar-refractivity contribution >= 4 is 22.5 Å². The molecule has 0 radical (unpaired) electrons. The van der Waals surface area contributed by atoms with Gasteiger partial charge in [0, 0.05) is 44.0 Å². The number of hydrogen-bond donors (Lipinski definition) is 2. The fourth-order valence-electron chi connectivity index (χ4n) is 3.89. The van der Waals surface area contributed by atoms with Crippen LogP contribution in [0, 0.1) is 5.92 Å². The van der Waals surface area contributed by atoms with Crippen molar-refractivity contribution in [1.82, 2.24) is 24.5 Å². The summed E-state index contributed by atoms with van der Waals surface area (Å²) in [5, 5.41) is 12.2. The van der Waals surface area contributed by atoms with Gasteiger partial charge in [-0.1, -0.05) is 13.8 Å². The van der Waals surface area contributed by atoms with Crippen LogP contribution in [0.15, 0.2) is 17.1 Å². The molecular weight excluding hydrogens is 370 g/mol. The summed E-state index contributed by atoms with van der Waals surface area (Å²) in [4.78, 5) is 15.3. The Bertz CT molecular complexity index is 1090. The van der Waals surface area contributed by atoms with Crippen LogP contribution < -0.4 is 16.2 Å². The van der Waals surface area contributed by atoms with Crippen molar-refractivity contribution in [3.8, 4) is 11.3 Å². The molecule has 1 aliphatic heterocycles. The summed E-state index contributed by atoms with van der Waals surface area (Å²) in [5.41, 5.74) is 8.12. The number of fused-ring (bicyclic) bond motifs is 1. The first kappa shape index (κ1) is 19.5. The standard InChI is InChI=1S/C20H29N7O2/c1-11(2)13(4)27-10-14(18-17(20(27)28)19(21)23-22-18)15-8-16(25(5)24-15)26-6-7-29-12(3)9-26/h8,10-13H,6-7,9H2,1-5H3,(H3,21,22,23). The lowest BCUT2D eigenvalue weighted by molar-refractivity contribution is 0.0527. The summed E-state index contributed by atoms with van der Waals surface area (Å²) in [6.45, 7) is 10.6. The lowest BCUT2D eigenvalue weighted by Crippen LogP contribution is -2.41. The van der Waals surface area contributed by atoms with Crippen LogP contribution in [0.1, 0.15) is 33.7 Å². The largest absolute Gasteiger partial charge is 0.382 e. The van der Waals surface area contributed by atoms with Crippen molar-refractivity contribution in [2.75, 3.05) is 30.3 Å². The van der Waals surface area contributed by atoms with E-state index in [0.717, 1.165) is 30.2 Å². The maximum Gasteiger partial charge on any atom is 0.264 e. The number of nitrogens with one attached hydrogen (secondary N) is 1. The van der Waals surface area contributed by atoms with E-state index in [1.165, 1.54) is 0 Å². The number of aromatic nitrogens is 5. The van der Waals surface area contributed by atoms with Gasteiger partial charge in [-0.05, 0) is 19.8 Å². The van der Waals surface area contributed by atoms with E-state index in [4.69, 9.17) is 15.6 Å². The number of nitrogen functional groups attached to an aromatic ring is 1. The monoisotopic (exact) mass is 399 g/mol. The molecule has 1 saturated heterocycles. The Morgan fingerprint density at radius 2 is 2.10 bits per heavy atom. The number of aromatic amines is 1. The number of morpholine rings is 1. The van der Waals surface area contributed by atoms with E-state index in [0.29, 0.717) is 23.4 Å². The Labute approximate surface area is 169 Å². The number of hydrogen-bond acceptors (Lipinski definition) is 6. The normalized spacial score (nSPS) is 18.7. The van der Waals surface area contributed by atoms with Crippen molar-refractivity contribution in [2.45, 2.75) is 39.8 Å². The Morgan fingerprint density at radius 3 is 2.79 bits per heavy atom. The quantitative estimate of drug-likeness (QED) is 0.696. The van der Waals surface area contributed by atoms with Gasteiger partial charge < -0.3 is 19.9 Å². The zero-order valence-electron chi connectivity index (χ0n) is 17.6. The van der Waals surface area contributed by atoms with Crippen LogP contribution in [0.25, 0.3) is 22.2 Å².